The number of likely N-dealkylation sites (N-methyl/N-ethyl adjacent to an activating group) is 1. The van der Waals surface area contributed by atoms with Crippen LogP contribution in [0.2, 0.25) is 5.02 Å². The Morgan fingerprint density at radius 3 is 1.08 bits per heavy atom. The largest absolute Gasteiger partial charge is 0.490 e. The van der Waals surface area contributed by atoms with Crippen LogP contribution < -0.4 is 4.74 Å². The zero-order valence-corrected chi connectivity index (χ0v) is 90.9. The first-order valence-electron chi connectivity index (χ1n) is 52.7. The maximum Gasteiger partial charge on any atom is 0.410 e. The number of benzene rings is 1. The standard InChI is InChI=1S/C18H22ClN3O3.3C15H23N3O3.C14H18N4O2S.C14H24N4O2.C14H21N3O3/c1-12(2)17-16-15(20-11-21-16)7-8-22(17)18(23)25-10-9-24-14-5-3-13(19)4-6-14;1-10(2)13-12-11(16-9-17-12)4-5-18(13)14(19)21-8-15(3)6-20-7-15;1-10(2)14-13-12(16-9-17-13)3-5-18(14)15(19)21-8-11-4-6-20-7-11;1-10(2)14-13-12(16-9-17-13)5-6-18(14)15(19)21-8-11-4-3-7-20-11;1-9(2)13-12-10(16-8-17-12)3-5-18(13)14(19)20-7-11-15-4-6-21-11;1-10(2)13-12-11(15-9-16-12)5-6-18(13)14(19)20-8-7-17(3)4;1-9(2)13-12-11(15-8-16-12)3-5-17(13)14(18)20-10-4-6-19-7-10/h3-6,11-12,17H,7-10H2,1-2H3,(H,20,21);9-10,13H,4-8H2,1-3H3,(H,16,17);2*9-11,14H,3-8H2,1-2H3,(H,16,17);4,6,8-9,13H,3,5,7H2,1-2H3,(H,16,17);9-10,13H,5-8H2,1-4H3,(H,15,16);8-10,13H,3-7H2,1-2H3,(H,15,16)/t;;;11-,14?;;;10-,13?/m...1..0/s1. The van der Waals surface area contributed by atoms with Crippen molar-refractivity contribution in [1.29, 1.82) is 0 Å². The fraction of sp³-hybridized carbons (Fsp3) is 0.648. The molecule has 0 saturated carbocycles. The topological polar surface area (TPSA) is 470 Å². The molecule has 9 aromatic rings. The number of hydrogen-bond donors (Lipinski definition) is 7. The lowest BCUT2D eigenvalue weighted by Gasteiger charge is -2.40. The Bertz CT molecular complexity index is 5580. The van der Waals surface area contributed by atoms with Crippen molar-refractivity contribution in [2.24, 2.45) is 52.8 Å². The smallest absolute Gasteiger partial charge is 0.410 e. The van der Waals surface area contributed by atoms with E-state index >= 15 is 0 Å². The maximum absolute atomic E-state index is 12.5. The van der Waals surface area contributed by atoms with E-state index in [9.17, 15) is 33.6 Å². The van der Waals surface area contributed by atoms with Gasteiger partial charge in [0, 0.05) is 185 Å². The van der Waals surface area contributed by atoms with Gasteiger partial charge in [0.05, 0.1) is 172 Å². The van der Waals surface area contributed by atoms with Gasteiger partial charge in [0.15, 0.2) is 0 Å². The minimum Gasteiger partial charge on any atom is -0.490 e. The lowest BCUT2D eigenvalue weighted by atomic mass is 9.90. The number of aromatic amines is 7. The molecule has 7 N–H and O–H groups in total. The van der Waals surface area contributed by atoms with Crippen LogP contribution in [0.1, 0.15) is 257 Å². The summed E-state index contributed by atoms with van der Waals surface area (Å²) in [5.74, 6) is 3.06. The number of halogens is 1. The summed E-state index contributed by atoms with van der Waals surface area (Å²) in [7, 11) is 3.92. The van der Waals surface area contributed by atoms with Crippen LogP contribution in [0.3, 0.4) is 0 Å². The summed E-state index contributed by atoms with van der Waals surface area (Å²) in [4.78, 5) is 159. The molecule has 44 heteroatoms. The molecule has 20 rings (SSSR count). The summed E-state index contributed by atoms with van der Waals surface area (Å²) < 4.78 is 65.0. The van der Waals surface area contributed by atoms with Gasteiger partial charge < -0.3 is 96.6 Å². The Morgan fingerprint density at radius 2 is 0.758 bits per heavy atom. The quantitative estimate of drug-likeness (QED) is 0.0231. The SMILES string of the molecule is CC(C)C1c2nc[nH]c2CCN1C(=O)OCC1(C)COC1.CC(C)C1c2nc[nH]c2CCN1C(=O)OCC1CCOC1.CC(C)C1c2nc[nH]c2CCN1C(=O)OCCN(C)C.CC(C)C1c2nc[nH]c2CCN1C(=O)OCCOc1ccc(Cl)cc1.CC(C)C1c2nc[nH]c2CCN1C(=O)OC[C@H]1CCCO1.CC(C)C1c2nc[nH]c2CCN1C(=O)OCc1nccs1.CC(C)C1c2nc[nH]c2CCN1C(=O)O[C@H]1CCOC1. The van der Waals surface area contributed by atoms with Crippen molar-refractivity contribution in [3.05, 3.63) is 170 Å². The second-order valence-corrected chi connectivity index (χ2v) is 43.8. The van der Waals surface area contributed by atoms with Crippen LogP contribution in [0.25, 0.3) is 0 Å². The second-order valence-electron chi connectivity index (χ2n) is 42.4. The van der Waals surface area contributed by atoms with Gasteiger partial charge in [-0.3, -0.25) is 34.3 Å². The van der Waals surface area contributed by atoms with Crippen molar-refractivity contribution in [2.45, 2.75) is 236 Å². The van der Waals surface area contributed by atoms with E-state index < -0.39 is 0 Å². The normalized spacial score (nSPS) is 21.7. The third-order valence-corrected chi connectivity index (χ3v) is 29.3. The molecule has 4 saturated heterocycles. The Labute approximate surface area is 881 Å². The molecule has 149 heavy (non-hydrogen) atoms. The summed E-state index contributed by atoms with van der Waals surface area (Å²) >= 11 is 7.31. The first kappa shape index (κ1) is 113. The van der Waals surface area contributed by atoms with Crippen LogP contribution in [0.15, 0.2) is 80.1 Å². The highest BCUT2D eigenvalue weighted by molar-refractivity contribution is 7.09. The van der Waals surface area contributed by atoms with Crippen molar-refractivity contribution < 1.29 is 90.4 Å². The average Bonchev–Trinajstić information content (AvgIpc) is 1.54. The highest BCUT2D eigenvalue weighted by Crippen LogP contribution is 2.43. The van der Waals surface area contributed by atoms with Gasteiger partial charge in [-0.15, -0.1) is 11.3 Å². The van der Waals surface area contributed by atoms with E-state index in [0.29, 0.717) is 158 Å². The summed E-state index contributed by atoms with van der Waals surface area (Å²) in [6.45, 7) is 44.0. The van der Waals surface area contributed by atoms with Gasteiger partial charge in [-0.2, -0.15) is 0 Å². The molecule has 42 nitrogen and oxygen atoms in total. The lowest BCUT2D eigenvalue weighted by Crippen LogP contribution is -2.47. The zero-order chi connectivity index (χ0) is 106. The molecule has 0 radical (unpaired) electrons. The zero-order valence-electron chi connectivity index (χ0n) is 89.4. The van der Waals surface area contributed by atoms with Crippen LogP contribution in [0, 0.1) is 52.8 Å². The van der Waals surface area contributed by atoms with Gasteiger partial charge in [0.2, 0.25) is 0 Å². The summed E-state index contributed by atoms with van der Waals surface area (Å²) in [6.07, 6.45) is 21.1. The van der Waals surface area contributed by atoms with Crippen LogP contribution >= 0.6 is 22.9 Å². The van der Waals surface area contributed by atoms with Gasteiger partial charge in [0.1, 0.15) is 56.5 Å². The molecule has 8 unspecified atom stereocenters. The van der Waals surface area contributed by atoms with Crippen LogP contribution in [-0.2, 0) is 104 Å². The Balaban J connectivity index is 0.000000137. The third kappa shape index (κ3) is 29.3. The maximum atomic E-state index is 12.5. The lowest BCUT2D eigenvalue weighted by molar-refractivity contribution is -0.128. The first-order valence-corrected chi connectivity index (χ1v) is 54.0. The van der Waals surface area contributed by atoms with Crippen molar-refractivity contribution in [1.82, 2.24) is 114 Å². The number of rotatable bonds is 23. The third-order valence-electron chi connectivity index (χ3n) is 28.3. The van der Waals surface area contributed by atoms with Crippen LogP contribution in [0.5, 0.6) is 5.75 Å². The number of nitrogens with one attached hydrogen (secondary N) is 7. The number of carbonyl (C=O) groups is 7. The molecule has 1 aromatic carbocycles. The van der Waals surface area contributed by atoms with Gasteiger partial charge in [-0.05, 0) is 99.0 Å². The van der Waals surface area contributed by atoms with Gasteiger partial charge in [-0.1, -0.05) is 115 Å². The molecule has 4 fully saturated rings. The number of hydrogen-bond acceptors (Lipinski definition) is 29. The molecule has 10 atom stereocenters. The summed E-state index contributed by atoms with van der Waals surface area (Å²) in [6, 6.07) is 6.91. The molecule has 0 bridgehead atoms. The van der Waals surface area contributed by atoms with E-state index in [1.807, 2.05) is 48.9 Å². The fourth-order valence-electron chi connectivity index (χ4n) is 20.8. The number of imidazole rings is 7. The average molecular weight is 2110 g/mol. The van der Waals surface area contributed by atoms with Crippen LogP contribution in [0.4, 0.5) is 33.6 Å². The highest BCUT2D eigenvalue weighted by atomic mass is 35.5. The molecule has 0 aliphatic carbocycles. The summed E-state index contributed by atoms with van der Waals surface area (Å²) in [5, 5.41) is 3.33. The minimum absolute atomic E-state index is 0.00291. The monoisotopic (exact) mass is 2110 g/mol. The predicted octanol–water partition coefficient (Wildman–Crippen LogP) is 16.7. The molecule has 11 aliphatic heterocycles. The van der Waals surface area contributed by atoms with E-state index in [0.717, 1.165) is 175 Å². The number of aromatic nitrogens is 15. The Morgan fingerprint density at radius 1 is 0.409 bits per heavy atom. The number of ether oxygens (including phenoxy) is 12. The van der Waals surface area contributed by atoms with Crippen molar-refractivity contribution in [2.75, 3.05) is 152 Å². The van der Waals surface area contributed by atoms with Crippen molar-refractivity contribution in [3.63, 3.8) is 0 Å². The molecule has 19 heterocycles. The molecule has 7 amide bonds. The number of nitrogens with zero attached hydrogens (tertiary/aromatic N) is 16. The van der Waals surface area contributed by atoms with Gasteiger partial charge in [-0.25, -0.2) is 73.4 Å². The van der Waals surface area contributed by atoms with Crippen LogP contribution in [-0.4, -0.2) is 321 Å². The molecule has 8 aromatic heterocycles. The number of carbonyl (C=O) groups excluding carboxylic acids is 7. The first-order chi connectivity index (χ1) is 71.7. The second kappa shape index (κ2) is 53.7. The molecular formula is C105H154ClN23O19S. The fourth-order valence-corrected chi connectivity index (χ4v) is 21.5. The highest BCUT2D eigenvalue weighted by Gasteiger charge is 2.45. The molecule has 0 spiro atoms. The van der Waals surface area contributed by atoms with E-state index in [1.54, 1.807) is 84.6 Å². The molecule has 11 aliphatic rings. The van der Waals surface area contributed by atoms with E-state index in [1.165, 1.54) is 11.3 Å². The number of amides is 7. The minimum atomic E-state index is -0.327. The number of thiazole rings is 1. The Hall–Kier alpha value is -11.9. The predicted molar refractivity (Wildman–Crippen MR) is 553 cm³/mol. The van der Waals surface area contributed by atoms with Crippen molar-refractivity contribution >= 4 is 65.6 Å². The number of fused-ring (bicyclic) bond motifs is 7. The van der Waals surface area contributed by atoms with E-state index in [2.05, 4.69) is 179 Å². The van der Waals surface area contributed by atoms with Crippen molar-refractivity contribution in [3.8, 4) is 5.75 Å². The molecular weight excluding hydrogens is 1950 g/mol. The van der Waals surface area contributed by atoms with E-state index in [-0.39, 0.29) is 128 Å². The van der Waals surface area contributed by atoms with Gasteiger partial charge in [0.25, 0.3) is 0 Å². The van der Waals surface area contributed by atoms with E-state index in [4.69, 9.17) is 68.4 Å². The molecule has 816 valence electrons. The number of H-pyrrole nitrogens is 7. The van der Waals surface area contributed by atoms with Gasteiger partial charge >= 0.3 is 42.7 Å². The Kier molecular flexibility index (Phi) is 40.6. The summed E-state index contributed by atoms with van der Waals surface area (Å²) in [5.41, 5.74) is 14.7.